The fourth-order valence-electron chi connectivity index (χ4n) is 2.93. The molecule has 146 valence electrons. The number of thiazole rings is 1. The molecule has 11 heteroatoms. The van der Waals surface area contributed by atoms with Gasteiger partial charge < -0.3 is 9.47 Å². The van der Waals surface area contributed by atoms with E-state index in [2.05, 4.69) is 23.7 Å². The Morgan fingerprint density at radius 3 is 2.59 bits per heavy atom. The van der Waals surface area contributed by atoms with Crippen LogP contribution in [-0.4, -0.2) is 39.8 Å². The number of halogens is 1. The third-order valence-electron chi connectivity index (χ3n) is 4.28. The topological polar surface area (TPSA) is 101 Å². The molecule has 5 rings (SSSR count). The zero-order valence-electron chi connectivity index (χ0n) is 15.3. The minimum Gasteiger partial charge on any atom is -0.493 e. The Morgan fingerprint density at radius 2 is 1.86 bits per heavy atom. The number of hydrogen-bond donors (Lipinski definition) is 1. The summed E-state index contributed by atoms with van der Waals surface area (Å²) in [5.41, 5.74) is 3.66. The SMILES string of the molecule is COc1cc2c(cc1OC)N(c1nc(-c3ccccc3)c(-c3nn[nH]n3)s1)I=N2. The van der Waals surface area contributed by atoms with Gasteiger partial charge in [-0.3, -0.25) is 0 Å². The van der Waals surface area contributed by atoms with Gasteiger partial charge in [0.25, 0.3) is 0 Å². The van der Waals surface area contributed by atoms with Crippen molar-refractivity contribution >= 4 is 49.1 Å². The highest BCUT2D eigenvalue weighted by Gasteiger charge is 2.27. The highest BCUT2D eigenvalue weighted by Crippen LogP contribution is 2.53. The molecule has 1 N–H and O–H groups in total. The van der Waals surface area contributed by atoms with Gasteiger partial charge in [0.2, 0.25) is 11.0 Å². The molecule has 1 aliphatic heterocycles. The molecule has 0 spiro atoms. The fraction of sp³-hybridized carbons (Fsp3) is 0.111. The number of ether oxygens (including phenoxy) is 2. The average Bonchev–Trinajstić information content (AvgIpc) is 3.51. The van der Waals surface area contributed by atoms with Crippen LogP contribution in [0.1, 0.15) is 0 Å². The number of fused-ring (bicyclic) bond motifs is 1. The van der Waals surface area contributed by atoms with Gasteiger partial charge in [-0.05, 0) is 5.21 Å². The lowest BCUT2D eigenvalue weighted by Crippen LogP contribution is -2.00. The molecule has 0 radical (unpaired) electrons. The van der Waals surface area contributed by atoms with Gasteiger partial charge in [0.15, 0.2) is 11.5 Å². The molecule has 0 saturated carbocycles. The van der Waals surface area contributed by atoms with Crippen molar-refractivity contribution in [2.24, 2.45) is 3.15 Å². The van der Waals surface area contributed by atoms with Crippen LogP contribution < -0.4 is 12.6 Å². The molecule has 9 nitrogen and oxygen atoms in total. The summed E-state index contributed by atoms with van der Waals surface area (Å²) < 4.78 is 17.8. The summed E-state index contributed by atoms with van der Waals surface area (Å²) in [5, 5.41) is 15.4. The molecule has 0 amide bonds. The first-order valence-electron chi connectivity index (χ1n) is 8.50. The molecule has 29 heavy (non-hydrogen) atoms. The van der Waals surface area contributed by atoms with Gasteiger partial charge in [0.1, 0.15) is 26.2 Å². The Kier molecular flexibility index (Phi) is 4.67. The van der Waals surface area contributed by atoms with Crippen LogP contribution in [-0.2, 0) is 0 Å². The van der Waals surface area contributed by atoms with Gasteiger partial charge in [0, 0.05) is 17.7 Å². The van der Waals surface area contributed by atoms with E-state index in [-0.39, 0.29) is 0 Å². The first kappa shape index (κ1) is 18.1. The Labute approximate surface area is 180 Å². The van der Waals surface area contributed by atoms with Crippen LogP contribution in [0.25, 0.3) is 22.0 Å². The number of H-pyrrole nitrogens is 1. The minimum absolute atomic E-state index is 0.523. The molecule has 1 aliphatic rings. The maximum absolute atomic E-state index is 5.47. The van der Waals surface area contributed by atoms with Crippen molar-refractivity contribution in [2.75, 3.05) is 17.3 Å². The number of tetrazole rings is 1. The molecule has 0 saturated heterocycles. The van der Waals surface area contributed by atoms with Crippen molar-refractivity contribution in [1.29, 1.82) is 0 Å². The van der Waals surface area contributed by atoms with Crippen LogP contribution in [0.2, 0.25) is 0 Å². The zero-order valence-corrected chi connectivity index (χ0v) is 18.3. The number of methoxy groups -OCH3 is 2. The van der Waals surface area contributed by atoms with Crippen LogP contribution in [0.5, 0.6) is 11.5 Å². The van der Waals surface area contributed by atoms with E-state index >= 15 is 0 Å². The summed E-state index contributed by atoms with van der Waals surface area (Å²) in [7, 11) is 3.25. The summed E-state index contributed by atoms with van der Waals surface area (Å²) in [5.74, 6) is 1.85. The first-order chi connectivity index (χ1) is 14.3. The van der Waals surface area contributed by atoms with Crippen LogP contribution >= 0.6 is 32.6 Å². The summed E-state index contributed by atoms with van der Waals surface area (Å²) in [6.45, 7) is 0. The highest BCUT2D eigenvalue weighted by molar-refractivity contribution is 14.2. The molecular formula is C18H14IN7O2S. The van der Waals surface area contributed by atoms with E-state index in [0.29, 0.717) is 17.3 Å². The van der Waals surface area contributed by atoms with Crippen molar-refractivity contribution in [2.45, 2.75) is 0 Å². The van der Waals surface area contributed by atoms with E-state index in [4.69, 9.17) is 17.6 Å². The first-order valence-corrected chi connectivity index (χ1v) is 11.2. The van der Waals surface area contributed by atoms with E-state index in [9.17, 15) is 0 Å². The number of benzene rings is 2. The standard InChI is InChI=1S/C18H14IN7O2S/c1-27-13-8-11-12(9-14(13)28-2)26(19-21-11)18-20-15(10-6-4-3-5-7-10)16(29-18)17-22-24-25-23-17/h3-9H,1-2H3,(H,22,23,24,25). The maximum atomic E-state index is 5.47. The van der Waals surface area contributed by atoms with Gasteiger partial charge in [0.05, 0.1) is 31.3 Å². The Hall–Kier alpha value is -2.93. The normalized spacial score (nSPS) is 12.6. The number of aromatic amines is 1. The molecule has 0 aliphatic carbocycles. The van der Waals surface area contributed by atoms with Crippen molar-refractivity contribution < 1.29 is 9.47 Å². The van der Waals surface area contributed by atoms with Crippen molar-refractivity contribution in [1.82, 2.24) is 25.6 Å². The second kappa shape index (κ2) is 7.48. The Bertz CT molecular complexity index is 1190. The molecule has 0 bridgehead atoms. The molecule has 0 fully saturated rings. The van der Waals surface area contributed by atoms with E-state index in [1.54, 1.807) is 14.2 Å². The van der Waals surface area contributed by atoms with Crippen LogP contribution in [0.3, 0.4) is 0 Å². The highest BCUT2D eigenvalue weighted by atomic mass is 127. The lowest BCUT2D eigenvalue weighted by atomic mass is 10.1. The van der Waals surface area contributed by atoms with Crippen molar-refractivity contribution in [3.8, 4) is 33.5 Å². The number of rotatable bonds is 5. The van der Waals surface area contributed by atoms with E-state index in [0.717, 1.165) is 32.6 Å². The molecule has 2 aromatic heterocycles. The van der Waals surface area contributed by atoms with Crippen LogP contribution in [0, 0.1) is 0 Å². The molecule has 2 aromatic carbocycles. The fourth-order valence-corrected chi connectivity index (χ4v) is 6.12. The number of aromatic nitrogens is 5. The monoisotopic (exact) mass is 519 g/mol. The molecule has 0 atom stereocenters. The van der Waals surface area contributed by atoms with E-state index in [1.807, 2.05) is 42.5 Å². The summed E-state index contributed by atoms with van der Waals surface area (Å²) >= 11 is 0.856. The second-order valence-electron chi connectivity index (χ2n) is 5.91. The zero-order chi connectivity index (χ0) is 19.8. The van der Waals surface area contributed by atoms with Crippen molar-refractivity contribution in [3.05, 3.63) is 42.5 Å². The third-order valence-corrected chi connectivity index (χ3v) is 7.78. The second-order valence-corrected chi connectivity index (χ2v) is 8.77. The smallest absolute Gasteiger partial charge is 0.216 e. The van der Waals surface area contributed by atoms with Crippen molar-refractivity contribution in [3.63, 3.8) is 0 Å². The van der Waals surface area contributed by atoms with Gasteiger partial charge in [-0.15, -0.1) is 10.2 Å². The van der Waals surface area contributed by atoms with Gasteiger partial charge in [-0.2, -0.15) is 5.21 Å². The lowest BCUT2D eigenvalue weighted by molar-refractivity contribution is 0.355. The summed E-state index contributed by atoms with van der Waals surface area (Å²) in [6, 6.07) is 13.8. The van der Waals surface area contributed by atoms with Crippen LogP contribution in [0.15, 0.2) is 45.6 Å². The largest absolute Gasteiger partial charge is 0.493 e. The predicted molar refractivity (Wildman–Crippen MR) is 119 cm³/mol. The van der Waals surface area contributed by atoms with Crippen LogP contribution in [0.4, 0.5) is 16.5 Å². The average molecular weight is 519 g/mol. The number of nitrogens with one attached hydrogen (secondary N) is 1. The summed E-state index contributed by atoms with van der Waals surface area (Å²) in [4.78, 5) is 5.79. The lowest BCUT2D eigenvalue weighted by Gasteiger charge is -2.14. The third kappa shape index (κ3) is 3.15. The molecule has 0 unspecified atom stereocenters. The molecule has 3 heterocycles. The van der Waals surface area contributed by atoms with Gasteiger partial charge in [-0.1, -0.05) is 41.7 Å². The number of nitrogens with zero attached hydrogens (tertiary/aromatic N) is 6. The molecule has 4 aromatic rings. The minimum atomic E-state index is -0.665. The van der Waals surface area contributed by atoms with Gasteiger partial charge >= 0.3 is 0 Å². The predicted octanol–water partition coefficient (Wildman–Crippen LogP) is 4.86. The van der Waals surface area contributed by atoms with E-state index < -0.39 is 21.3 Å². The number of anilines is 2. The van der Waals surface area contributed by atoms with Gasteiger partial charge in [-0.25, -0.2) is 11.2 Å². The quantitative estimate of drug-likeness (QED) is 0.297. The molecular weight excluding hydrogens is 505 g/mol. The summed E-state index contributed by atoms with van der Waals surface area (Å²) in [6.07, 6.45) is 0. The Morgan fingerprint density at radius 1 is 1.07 bits per heavy atom. The Balaban J connectivity index is 1.63. The van der Waals surface area contributed by atoms with E-state index in [1.165, 1.54) is 11.3 Å². The number of hydrogen-bond acceptors (Lipinski definition) is 9. The maximum Gasteiger partial charge on any atom is 0.216 e.